The highest BCUT2D eigenvalue weighted by Crippen LogP contribution is 2.23. The van der Waals surface area contributed by atoms with Crippen LogP contribution in [-0.2, 0) is 14.3 Å². The first-order chi connectivity index (χ1) is 37.8. The van der Waals surface area contributed by atoms with Gasteiger partial charge in [-0.1, -0.05) is 284 Å². The Morgan fingerprint density at radius 1 is 0.455 bits per heavy atom. The van der Waals surface area contributed by atoms with E-state index in [1.165, 1.54) is 154 Å². The van der Waals surface area contributed by atoms with Crippen LogP contribution in [0.1, 0.15) is 271 Å². The Kier molecular flexibility index (Phi) is 52.8. The molecular weight excluding hydrogens is 959 g/mol. The summed E-state index contributed by atoms with van der Waals surface area (Å²) < 4.78 is 11.3. The van der Waals surface area contributed by atoms with Crippen LogP contribution in [0.25, 0.3) is 0 Å². The molecular formula is C68H119NO8. The van der Waals surface area contributed by atoms with E-state index in [1.807, 2.05) is 0 Å². The third-order valence-corrected chi connectivity index (χ3v) is 14.7. The zero-order chi connectivity index (χ0) is 55.8. The molecule has 1 fully saturated rings. The van der Waals surface area contributed by atoms with Gasteiger partial charge in [0.15, 0.2) is 6.29 Å². The molecule has 1 saturated heterocycles. The van der Waals surface area contributed by atoms with Crippen LogP contribution in [0, 0.1) is 0 Å². The Morgan fingerprint density at radius 2 is 0.805 bits per heavy atom. The van der Waals surface area contributed by atoms with Gasteiger partial charge in [0.05, 0.1) is 25.4 Å². The number of hydrogen-bond acceptors (Lipinski definition) is 8. The summed E-state index contributed by atoms with van der Waals surface area (Å²) in [6.07, 6.45) is 74.5. The zero-order valence-corrected chi connectivity index (χ0v) is 49.4. The topological polar surface area (TPSA) is 149 Å². The zero-order valence-electron chi connectivity index (χ0n) is 49.4. The highest BCUT2D eigenvalue weighted by atomic mass is 16.7. The molecule has 0 aromatic rings. The third-order valence-electron chi connectivity index (χ3n) is 14.7. The lowest BCUT2D eigenvalue weighted by atomic mass is 9.99. The van der Waals surface area contributed by atoms with Crippen molar-refractivity contribution < 1.29 is 39.8 Å². The first kappa shape index (κ1) is 72.1. The van der Waals surface area contributed by atoms with Crippen LogP contribution in [0.3, 0.4) is 0 Å². The second-order valence-electron chi connectivity index (χ2n) is 21.8. The van der Waals surface area contributed by atoms with Crippen molar-refractivity contribution in [1.82, 2.24) is 5.32 Å². The van der Waals surface area contributed by atoms with E-state index in [1.54, 1.807) is 0 Å². The first-order valence-electron chi connectivity index (χ1n) is 31.9. The monoisotopic (exact) mass is 1080 g/mol. The van der Waals surface area contributed by atoms with Crippen molar-refractivity contribution in [2.45, 2.75) is 314 Å². The lowest BCUT2D eigenvalue weighted by Gasteiger charge is -2.40. The van der Waals surface area contributed by atoms with Crippen molar-refractivity contribution in [2.24, 2.45) is 0 Å². The number of hydrogen-bond donors (Lipinski definition) is 6. The van der Waals surface area contributed by atoms with Crippen molar-refractivity contribution in [2.75, 3.05) is 13.2 Å². The fourth-order valence-corrected chi connectivity index (χ4v) is 9.71. The highest BCUT2D eigenvalue weighted by Gasteiger charge is 2.44. The molecule has 0 bridgehead atoms. The smallest absolute Gasteiger partial charge is 0.220 e. The van der Waals surface area contributed by atoms with Gasteiger partial charge in [-0.25, -0.2) is 0 Å². The lowest BCUT2D eigenvalue weighted by Crippen LogP contribution is -2.60. The number of carbonyl (C=O) groups is 1. The quantitative estimate of drug-likeness (QED) is 0.0261. The number of amides is 1. The standard InChI is InChI=1S/C68H119NO8/c1-3-5-7-9-11-13-15-17-19-20-21-22-23-24-25-26-27-28-29-30-31-32-33-34-35-36-37-38-39-40-41-42-44-46-48-50-52-54-56-58-64(72)69-61(60-76-68-67(75)66(74)65(73)63(59-70)77-68)62(71)57-55-53-51-49-47-45-43-18-16-14-12-10-8-6-4-2/h5,7,11,13,17,19,21-22,24-25,27-28,30-31,33-34,61-63,65-68,70-71,73-75H,3-4,6,8-10,12,14-16,18,20,23,26,29,32,35-60H2,1-2H3,(H,69,72)/b7-5-,13-11-,19-17-,22-21-,25-24-,28-27-,31-30-,34-33-. The van der Waals surface area contributed by atoms with Crippen LogP contribution in [0.15, 0.2) is 97.2 Å². The molecule has 9 nitrogen and oxygen atoms in total. The molecule has 9 heteroatoms. The molecule has 0 aromatic carbocycles. The molecule has 0 saturated carbocycles. The molecule has 7 atom stereocenters. The molecule has 444 valence electrons. The number of ether oxygens (including phenoxy) is 2. The van der Waals surface area contributed by atoms with Crippen molar-refractivity contribution in [3.63, 3.8) is 0 Å². The Labute approximate surface area is 473 Å². The number of carbonyl (C=O) groups excluding carboxylic acids is 1. The predicted octanol–water partition coefficient (Wildman–Crippen LogP) is 16.7. The van der Waals surface area contributed by atoms with Gasteiger partial charge in [-0.2, -0.15) is 0 Å². The molecule has 6 N–H and O–H groups in total. The summed E-state index contributed by atoms with van der Waals surface area (Å²) >= 11 is 0. The molecule has 0 aromatic heterocycles. The summed E-state index contributed by atoms with van der Waals surface area (Å²) in [6, 6.07) is -0.723. The molecule has 0 radical (unpaired) electrons. The molecule has 1 rings (SSSR count). The summed E-state index contributed by atoms with van der Waals surface area (Å²) in [5, 5.41) is 54.7. The van der Waals surface area contributed by atoms with E-state index < -0.39 is 49.5 Å². The number of rotatable bonds is 54. The van der Waals surface area contributed by atoms with Crippen molar-refractivity contribution in [3.8, 4) is 0 Å². The molecule has 77 heavy (non-hydrogen) atoms. The largest absolute Gasteiger partial charge is 0.394 e. The summed E-state index contributed by atoms with van der Waals surface area (Å²) in [7, 11) is 0. The van der Waals surface area contributed by atoms with E-state index in [2.05, 4.69) is 116 Å². The summed E-state index contributed by atoms with van der Waals surface area (Å²) in [5.41, 5.74) is 0. The van der Waals surface area contributed by atoms with Crippen molar-refractivity contribution >= 4 is 5.91 Å². The average Bonchev–Trinajstić information content (AvgIpc) is 3.43. The molecule has 1 heterocycles. The van der Waals surface area contributed by atoms with E-state index in [0.29, 0.717) is 12.8 Å². The maximum Gasteiger partial charge on any atom is 0.220 e. The highest BCUT2D eigenvalue weighted by molar-refractivity contribution is 5.76. The Bertz CT molecular complexity index is 1530. The maximum absolute atomic E-state index is 13.1. The van der Waals surface area contributed by atoms with Crippen LogP contribution in [0.5, 0.6) is 0 Å². The lowest BCUT2D eigenvalue weighted by molar-refractivity contribution is -0.302. The second kappa shape index (κ2) is 56.4. The maximum atomic E-state index is 13.1. The molecule has 1 aliphatic heterocycles. The summed E-state index contributed by atoms with van der Waals surface area (Å²) in [5.74, 6) is -0.146. The normalized spacial score (nSPS) is 19.4. The third kappa shape index (κ3) is 45.5. The average molecular weight is 1080 g/mol. The van der Waals surface area contributed by atoms with E-state index in [-0.39, 0.29) is 12.5 Å². The number of aliphatic hydroxyl groups is 5. The van der Waals surface area contributed by atoms with E-state index >= 15 is 0 Å². The minimum absolute atomic E-state index is 0.140. The number of aliphatic hydroxyl groups excluding tert-OH is 5. The molecule has 0 spiro atoms. The van der Waals surface area contributed by atoms with Crippen LogP contribution >= 0.6 is 0 Å². The van der Waals surface area contributed by atoms with Gasteiger partial charge in [-0.15, -0.1) is 0 Å². The molecule has 1 amide bonds. The molecule has 0 aliphatic carbocycles. The van der Waals surface area contributed by atoms with Crippen molar-refractivity contribution in [1.29, 1.82) is 0 Å². The van der Waals surface area contributed by atoms with Gasteiger partial charge in [0, 0.05) is 6.42 Å². The van der Waals surface area contributed by atoms with Gasteiger partial charge >= 0.3 is 0 Å². The van der Waals surface area contributed by atoms with Crippen LogP contribution in [-0.4, -0.2) is 87.5 Å². The Morgan fingerprint density at radius 3 is 1.19 bits per heavy atom. The molecule has 7 unspecified atom stereocenters. The SMILES string of the molecule is CC/C=C\C/C=C\C/C=C\C/C=C\C/C=C\C/C=C\C/C=C\C/C=C\CCCCCCCCCCCCCCCCC(=O)NC(COC1OC(CO)C(O)C(O)C1O)C(O)CCCCCCCCCCCCCCCCC. The van der Waals surface area contributed by atoms with Crippen molar-refractivity contribution in [3.05, 3.63) is 97.2 Å². The van der Waals surface area contributed by atoms with Gasteiger partial charge in [0.1, 0.15) is 24.4 Å². The van der Waals surface area contributed by atoms with Crippen LogP contribution < -0.4 is 5.32 Å². The van der Waals surface area contributed by atoms with Gasteiger partial charge < -0.3 is 40.3 Å². The molecule has 1 aliphatic rings. The fraction of sp³-hybridized carbons (Fsp3) is 0.750. The van der Waals surface area contributed by atoms with Gasteiger partial charge in [0.2, 0.25) is 5.91 Å². The number of nitrogens with one attached hydrogen (secondary N) is 1. The second-order valence-corrected chi connectivity index (χ2v) is 21.8. The first-order valence-corrected chi connectivity index (χ1v) is 31.9. The Balaban J connectivity index is 2.10. The van der Waals surface area contributed by atoms with Crippen LogP contribution in [0.2, 0.25) is 0 Å². The van der Waals surface area contributed by atoms with E-state index in [0.717, 1.165) is 89.9 Å². The summed E-state index contributed by atoms with van der Waals surface area (Å²) in [4.78, 5) is 13.1. The minimum atomic E-state index is -1.56. The number of unbranched alkanes of at least 4 members (excludes halogenated alkanes) is 28. The predicted molar refractivity (Wildman–Crippen MR) is 327 cm³/mol. The fourth-order valence-electron chi connectivity index (χ4n) is 9.71. The van der Waals surface area contributed by atoms with Gasteiger partial charge in [-0.05, 0) is 77.0 Å². The van der Waals surface area contributed by atoms with Gasteiger partial charge in [-0.3, -0.25) is 4.79 Å². The van der Waals surface area contributed by atoms with Crippen LogP contribution in [0.4, 0.5) is 0 Å². The van der Waals surface area contributed by atoms with Gasteiger partial charge in [0.25, 0.3) is 0 Å². The van der Waals surface area contributed by atoms with E-state index in [4.69, 9.17) is 9.47 Å². The Hall–Kier alpha value is -2.89. The van der Waals surface area contributed by atoms with E-state index in [9.17, 15) is 30.3 Å². The minimum Gasteiger partial charge on any atom is -0.394 e. The number of allylic oxidation sites excluding steroid dienone is 16. The summed E-state index contributed by atoms with van der Waals surface area (Å²) in [6.45, 7) is 3.73.